The zero-order valence-electron chi connectivity index (χ0n) is 15.7. The highest BCUT2D eigenvalue weighted by Gasteiger charge is 2.21. The maximum atomic E-state index is 12.3. The second-order valence-corrected chi connectivity index (χ2v) is 8.53. The predicted octanol–water partition coefficient (Wildman–Crippen LogP) is 1.13. The number of nitrogens with zero attached hydrogens (tertiary/aromatic N) is 1. The molecule has 2 amide bonds. The van der Waals surface area contributed by atoms with Crippen LogP contribution in [0.1, 0.15) is 32.4 Å². The molecule has 0 heterocycles. The lowest BCUT2D eigenvalue weighted by Gasteiger charge is -2.26. The Bertz CT molecular complexity index is 720. The number of rotatable bonds is 7. The molecule has 2 atom stereocenters. The number of benzene rings is 1. The number of amides is 2. The van der Waals surface area contributed by atoms with E-state index < -0.39 is 15.9 Å². The van der Waals surface area contributed by atoms with Crippen LogP contribution in [0.3, 0.4) is 0 Å². The number of halogens is 1. The molecule has 0 fully saturated rings. The van der Waals surface area contributed by atoms with E-state index in [2.05, 4.69) is 5.32 Å². The third-order valence-electron chi connectivity index (χ3n) is 4.20. The first-order valence-corrected chi connectivity index (χ1v) is 9.93. The van der Waals surface area contributed by atoms with E-state index in [0.717, 1.165) is 11.8 Å². The van der Waals surface area contributed by atoms with Gasteiger partial charge in [0.2, 0.25) is 11.8 Å². The average molecular weight is 406 g/mol. The number of carbonyl (C=O) groups is 2. The van der Waals surface area contributed by atoms with Crippen LogP contribution < -0.4 is 11.1 Å². The van der Waals surface area contributed by atoms with Crippen molar-refractivity contribution in [1.82, 2.24) is 10.2 Å². The predicted molar refractivity (Wildman–Crippen MR) is 104 cm³/mol. The van der Waals surface area contributed by atoms with Gasteiger partial charge in [0.15, 0.2) is 9.84 Å². The summed E-state index contributed by atoms with van der Waals surface area (Å²) in [5, 5.41) is 2.55. The fourth-order valence-corrected chi connectivity index (χ4v) is 2.77. The first-order chi connectivity index (χ1) is 11.4. The van der Waals surface area contributed by atoms with Gasteiger partial charge in [0.05, 0.1) is 23.5 Å². The molecule has 0 aliphatic rings. The maximum Gasteiger partial charge on any atom is 0.242 e. The third-order valence-corrected chi connectivity index (χ3v) is 5.33. The fourth-order valence-electron chi connectivity index (χ4n) is 2.14. The molecule has 148 valence electrons. The molecule has 1 aromatic carbocycles. The SMILES string of the molecule is CC(C)[C@H](N)C(=O)NCC(=O)N(C)C(C)c1ccc(S(C)(=O)=O)cc1.Cl. The van der Waals surface area contributed by atoms with E-state index in [1.165, 1.54) is 17.0 Å². The van der Waals surface area contributed by atoms with Crippen molar-refractivity contribution in [3.63, 3.8) is 0 Å². The number of hydrogen-bond donors (Lipinski definition) is 2. The van der Waals surface area contributed by atoms with Crippen molar-refractivity contribution in [3.05, 3.63) is 29.8 Å². The van der Waals surface area contributed by atoms with Crippen LogP contribution in [-0.4, -0.2) is 51.0 Å². The number of sulfone groups is 1. The lowest BCUT2D eigenvalue weighted by Crippen LogP contribution is -2.47. The van der Waals surface area contributed by atoms with Crippen molar-refractivity contribution in [3.8, 4) is 0 Å². The molecule has 1 unspecified atom stereocenters. The van der Waals surface area contributed by atoms with Crippen molar-refractivity contribution in [2.75, 3.05) is 19.8 Å². The zero-order valence-corrected chi connectivity index (χ0v) is 17.4. The first kappa shape index (κ1) is 24.4. The average Bonchev–Trinajstić information content (AvgIpc) is 2.56. The summed E-state index contributed by atoms with van der Waals surface area (Å²) in [5.74, 6) is -0.633. The first-order valence-electron chi connectivity index (χ1n) is 8.04. The molecule has 26 heavy (non-hydrogen) atoms. The van der Waals surface area contributed by atoms with Crippen LogP contribution in [-0.2, 0) is 19.4 Å². The van der Waals surface area contributed by atoms with E-state index >= 15 is 0 Å². The maximum absolute atomic E-state index is 12.3. The summed E-state index contributed by atoms with van der Waals surface area (Å²) in [6.45, 7) is 5.36. The van der Waals surface area contributed by atoms with E-state index in [9.17, 15) is 18.0 Å². The summed E-state index contributed by atoms with van der Waals surface area (Å²) in [5.41, 5.74) is 6.54. The number of nitrogens with two attached hydrogens (primary N) is 1. The highest BCUT2D eigenvalue weighted by molar-refractivity contribution is 7.90. The van der Waals surface area contributed by atoms with Crippen LogP contribution in [0, 0.1) is 5.92 Å². The standard InChI is InChI=1S/C17H27N3O4S.ClH/c1-11(2)16(18)17(22)19-10-15(21)20(4)12(3)13-6-8-14(9-7-13)25(5,23)24;/h6-9,11-12,16H,10,18H2,1-5H3,(H,19,22);1H/t12?,16-;/m0./s1. The minimum Gasteiger partial charge on any atom is -0.346 e. The molecular formula is C17H28ClN3O4S. The summed E-state index contributed by atoms with van der Waals surface area (Å²) in [6.07, 6.45) is 1.14. The molecule has 7 nitrogen and oxygen atoms in total. The lowest BCUT2D eigenvalue weighted by atomic mass is 10.1. The van der Waals surface area contributed by atoms with Crippen LogP contribution in [0.2, 0.25) is 0 Å². The van der Waals surface area contributed by atoms with Gasteiger partial charge in [-0.1, -0.05) is 26.0 Å². The van der Waals surface area contributed by atoms with Crippen LogP contribution in [0.15, 0.2) is 29.2 Å². The summed E-state index contributed by atoms with van der Waals surface area (Å²) < 4.78 is 23.0. The van der Waals surface area contributed by atoms with E-state index in [4.69, 9.17) is 5.73 Å². The van der Waals surface area contributed by atoms with E-state index in [1.54, 1.807) is 19.2 Å². The molecule has 0 aliphatic carbocycles. The quantitative estimate of drug-likeness (QED) is 0.706. The Kier molecular flexibility index (Phi) is 9.27. The molecule has 0 aromatic heterocycles. The van der Waals surface area contributed by atoms with Gasteiger partial charge in [-0.3, -0.25) is 9.59 Å². The van der Waals surface area contributed by atoms with Crippen LogP contribution >= 0.6 is 12.4 Å². The van der Waals surface area contributed by atoms with Gasteiger partial charge in [0.1, 0.15) is 0 Å². The number of likely N-dealkylation sites (N-methyl/N-ethyl adjacent to an activating group) is 1. The molecule has 0 saturated heterocycles. The Morgan fingerprint density at radius 2 is 1.65 bits per heavy atom. The monoisotopic (exact) mass is 405 g/mol. The lowest BCUT2D eigenvalue weighted by molar-refractivity contribution is -0.133. The van der Waals surface area contributed by atoms with Gasteiger partial charge in [-0.15, -0.1) is 12.4 Å². The van der Waals surface area contributed by atoms with Crippen molar-refractivity contribution in [2.45, 2.75) is 37.8 Å². The Hall–Kier alpha value is -1.64. The van der Waals surface area contributed by atoms with Crippen molar-refractivity contribution in [2.24, 2.45) is 11.7 Å². The molecule has 9 heteroatoms. The fraction of sp³-hybridized carbons (Fsp3) is 0.529. The summed E-state index contributed by atoms with van der Waals surface area (Å²) in [4.78, 5) is 25.8. The number of nitrogens with one attached hydrogen (secondary N) is 1. The number of carbonyl (C=O) groups excluding carboxylic acids is 2. The van der Waals surface area contributed by atoms with Gasteiger partial charge in [-0.05, 0) is 30.5 Å². The Morgan fingerprint density at radius 3 is 2.08 bits per heavy atom. The largest absolute Gasteiger partial charge is 0.346 e. The van der Waals surface area contributed by atoms with Gasteiger partial charge >= 0.3 is 0 Å². The van der Waals surface area contributed by atoms with Crippen LogP contribution in [0.25, 0.3) is 0 Å². The van der Waals surface area contributed by atoms with Crippen LogP contribution in [0.4, 0.5) is 0 Å². The van der Waals surface area contributed by atoms with Gasteiger partial charge in [-0.2, -0.15) is 0 Å². The van der Waals surface area contributed by atoms with E-state index in [-0.39, 0.29) is 47.6 Å². The Labute approximate surface area is 161 Å². The minimum atomic E-state index is -3.26. The Balaban J connectivity index is 0.00000625. The van der Waals surface area contributed by atoms with Gasteiger partial charge < -0.3 is 16.0 Å². The summed E-state index contributed by atoms with van der Waals surface area (Å²) >= 11 is 0. The van der Waals surface area contributed by atoms with E-state index in [0.29, 0.717) is 0 Å². The third kappa shape index (κ3) is 6.59. The highest BCUT2D eigenvalue weighted by Crippen LogP contribution is 2.20. The molecule has 1 aromatic rings. The van der Waals surface area contributed by atoms with Gasteiger partial charge in [-0.25, -0.2) is 8.42 Å². The molecule has 0 aliphatic heterocycles. The van der Waals surface area contributed by atoms with Crippen molar-refractivity contribution in [1.29, 1.82) is 0 Å². The van der Waals surface area contributed by atoms with Gasteiger partial charge in [0, 0.05) is 13.3 Å². The molecule has 0 radical (unpaired) electrons. The molecule has 0 bridgehead atoms. The Morgan fingerprint density at radius 1 is 1.15 bits per heavy atom. The highest BCUT2D eigenvalue weighted by atomic mass is 35.5. The topological polar surface area (TPSA) is 110 Å². The smallest absolute Gasteiger partial charge is 0.242 e. The van der Waals surface area contributed by atoms with E-state index in [1.807, 2.05) is 20.8 Å². The van der Waals surface area contributed by atoms with Crippen LogP contribution in [0.5, 0.6) is 0 Å². The normalized spacial score (nSPS) is 13.5. The van der Waals surface area contributed by atoms with Crippen molar-refractivity contribution >= 4 is 34.1 Å². The second kappa shape index (κ2) is 9.89. The molecule has 1 rings (SSSR count). The summed E-state index contributed by atoms with van der Waals surface area (Å²) in [7, 11) is -1.62. The molecule has 3 N–H and O–H groups in total. The van der Waals surface area contributed by atoms with Gasteiger partial charge in [0.25, 0.3) is 0 Å². The second-order valence-electron chi connectivity index (χ2n) is 6.51. The molecular weight excluding hydrogens is 378 g/mol. The molecule has 0 saturated carbocycles. The minimum absolute atomic E-state index is 0. The molecule has 0 spiro atoms. The van der Waals surface area contributed by atoms with Crippen molar-refractivity contribution < 1.29 is 18.0 Å². The zero-order chi connectivity index (χ0) is 19.4. The summed E-state index contributed by atoms with van der Waals surface area (Å²) in [6, 6.07) is 5.47. The number of hydrogen-bond acceptors (Lipinski definition) is 5.